The molecule has 0 atom stereocenters. The molecule has 1 amide bonds. The van der Waals surface area contributed by atoms with Gasteiger partial charge >= 0.3 is 0 Å². The van der Waals surface area contributed by atoms with E-state index < -0.39 is 4.92 Å². The predicted octanol–water partition coefficient (Wildman–Crippen LogP) is 3.40. The number of hydrogen-bond acceptors (Lipinski definition) is 4. The number of nitro benzene ring substituents is 1. The molecule has 3 rings (SSSR count). The van der Waals surface area contributed by atoms with Crippen molar-refractivity contribution in [3.8, 4) is 0 Å². The van der Waals surface area contributed by atoms with Gasteiger partial charge in [0.1, 0.15) is 0 Å². The smallest absolute Gasteiger partial charge is 0.269 e. The van der Waals surface area contributed by atoms with Crippen LogP contribution in [-0.2, 0) is 6.54 Å². The van der Waals surface area contributed by atoms with Crippen LogP contribution in [0.2, 0.25) is 0 Å². The van der Waals surface area contributed by atoms with Crippen LogP contribution in [0.1, 0.15) is 21.5 Å². The summed E-state index contributed by atoms with van der Waals surface area (Å²) in [6.07, 6.45) is 3.31. The molecule has 0 unspecified atom stereocenters. The first kappa shape index (κ1) is 16.4. The molecule has 0 aliphatic carbocycles. The zero-order chi connectivity index (χ0) is 17.8. The molecule has 126 valence electrons. The number of carbonyl (C=O) groups is 1. The molecule has 0 bridgehead atoms. The average Bonchev–Trinajstić information content (AvgIpc) is 3.01. The Bertz CT molecular complexity index is 916. The minimum atomic E-state index is -0.503. The normalized spacial score (nSPS) is 10.4. The van der Waals surface area contributed by atoms with Gasteiger partial charge in [0.15, 0.2) is 0 Å². The number of amides is 1. The van der Waals surface area contributed by atoms with Gasteiger partial charge in [-0.15, -0.1) is 0 Å². The van der Waals surface area contributed by atoms with Gasteiger partial charge in [-0.1, -0.05) is 29.8 Å². The van der Waals surface area contributed by atoms with E-state index in [0.717, 1.165) is 5.56 Å². The fourth-order valence-electron chi connectivity index (χ4n) is 2.45. The number of carbonyl (C=O) groups excluding carboxylic acids is 1. The number of nitro groups is 1. The van der Waals surface area contributed by atoms with Crippen LogP contribution >= 0.6 is 0 Å². The van der Waals surface area contributed by atoms with E-state index in [4.69, 9.17) is 0 Å². The Balaban J connectivity index is 1.66. The van der Waals surface area contributed by atoms with E-state index in [9.17, 15) is 14.9 Å². The summed E-state index contributed by atoms with van der Waals surface area (Å²) < 4.78 is 1.74. The molecular weight excluding hydrogens is 320 g/mol. The maximum Gasteiger partial charge on any atom is 0.269 e. The quantitative estimate of drug-likeness (QED) is 0.571. The third kappa shape index (κ3) is 4.08. The van der Waals surface area contributed by atoms with Crippen molar-refractivity contribution in [3.63, 3.8) is 0 Å². The van der Waals surface area contributed by atoms with Crippen molar-refractivity contribution in [2.75, 3.05) is 5.32 Å². The van der Waals surface area contributed by atoms with E-state index in [1.807, 2.05) is 25.1 Å². The molecule has 0 radical (unpaired) electrons. The minimum absolute atomic E-state index is 0.0532. The van der Waals surface area contributed by atoms with Crippen LogP contribution in [0.25, 0.3) is 0 Å². The summed E-state index contributed by atoms with van der Waals surface area (Å²) in [5.41, 5.74) is 3.16. The highest BCUT2D eigenvalue weighted by molar-refractivity contribution is 6.04. The van der Waals surface area contributed by atoms with Crippen molar-refractivity contribution in [1.29, 1.82) is 0 Å². The molecular formula is C18H16N4O3. The molecule has 0 aliphatic heterocycles. The fraction of sp³-hybridized carbons (Fsp3) is 0.111. The first-order chi connectivity index (χ1) is 12.0. The number of non-ortho nitro benzene ring substituents is 1. The second-order valence-corrected chi connectivity index (χ2v) is 5.67. The molecule has 0 aliphatic rings. The highest BCUT2D eigenvalue weighted by Crippen LogP contribution is 2.14. The minimum Gasteiger partial charge on any atom is -0.319 e. The number of rotatable bonds is 5. The molecule has 25 heavy (non-hydrogen) atoms. The van der Waals surface area contributed by atoms with Gasteiger partial charge in [0, 0.05) is 23.9 Å². The molecule has 7 nitrogen and oxygen atoms in total. The maximum absolute atomic E-state index is 12.2. The monoisotopic (exact) mass is 336 g/mol. The molecule has 0 fully saturated rings. The van der Waals surface area contributed by atoms with Gasteiger partial charge in [-0.2, -0.15) is 5.10 Å². The van der Waals surface area contributed by atoms with Crippen LogP contribution < -0.4 is 5.32 Å². The van der Waals surface area contributed by atoms with Crippen LogP contribution in [0.15, 0.2) is 60.9 Å². The number of hydrogen-bond donors (Lipinski definition) is 1. The lowest BCUT2D eigenvalue weighted by molar-refractivity contribution is -0.384. The van der Waals surface area contributed by atoms with Crippen LogP contribution in [0, 0.1) is 17.0 Å². The van der Waals surface area contributed by atoms with Crippen molar-refractivity contribution >= 4 is 17.3 Å². The van der Waals surface area contributed by atoms with E-state index in [1.54, 1.807) is 17.1 Å². The Morgan fingerprint density at radius 2 is 2.00 bits per heavy atom. The average molecular weight is 336 g/mol. The van der Waals surface area contributed by atoms with Crippen molar-refractivity contribution in [2.24, 2.45) is 0 Å². The van der Waals surface area contributed by atoms with Crippen LogP contribution in [0.4, 0.5) is 11.4 Å². The second-order valence-electron chi connectivity index (χ2n) is 5.67. The van der Waals surface area contributed by atoms with E-state index >= 15 is 0 Å². The Labute approximate surface area is 144 Å². The molecule has 0 spiro atoms. The fourth-order valence-corrected chi connectivity index (χ4v) is 2.45. The summed E-state index contributed by atoms with van der Waals surface area (Å²) in [5, 5.41) is 17.6. The molecule has 1 N–H and O–H groups in total. The Kier molecular flexibility index (Phi) is 4.56. The number of benzene rings is 2. The lowest BCUT2D eigenvalue weighted by Crippen LogP contribution is -2.11. The first-order valence-electron chi connectivity index (χ1n) is 7.65. The summed E-state index contributed by atoms with van der Waals surface area (Å²) >= 11 is 0. The predicted molar refractivity (Wildman–Crippen MR) is 93.6 cm³/mol. The van der Waals surface area contributed by atoms with Gasteiger partial charge in [-0.25, -0.2) is 0 Å². The largest absolute Gasteiger partial charge is 0.319 e. The molecule has 1 aromatic heterocycles. The number of aromatic nitrogens is 2. The second kappa shape index (κ2) is 6.96. The summed E-state index contributed by atoms with van der Waals surface area (Å²) in [4.78, 5) is 22.3. The third-order valence-corrected chi connectivity index (χ3v) is 3.66. The van der Waals surface area contributed by atoms with Crippen LogP contribution in [-0.4, -0.2) is 20.6 Å². The Morgan fingerprint density at radius 3 is 2.68 bits per heavy atom. The molecule has 0 saturated heterocycles. The van der Waals surface area contributed by atoms with Crippen molar-refractivity contribution in [1.82, 2.24) is 9.78 Å². The van der Waals surface area contributed by atoms with Crippen LogP contribution in [0.5, 0.6) is 0 Å². The first-order valence-corrected chi connectivity index (χ1v) is 7.65. The van der Waals surface area contributed by atoms with Crippen molar-refractivity contribution < 1.29 is 9.72 Å². The molecule has 2 aromatic carbocycles. The van der Waals surface area contributed by atoms with E-state index in [2.05, 4.69) is 16.5 Å². The summed E-state index contributed by atoms with van der Waals surface area (Å²) in [6.45, 7) is 2.64. The number of nitrogens with one attached hydrogen (secondary N) is 1. The standard InChI is InChI=1S/C18H16N4O3/c1-13-3-2-4-14(9-13)11-21-12-16(10-19-21)20-18(23)15-5-7-17(8-6-15)22(24)25/h2-10,12H,11H2,1H3,(H,20,23). The SMILES string of the molecule is Cc1cccc(Cn2cc(NC(=O)c3ccc([N+](=O)[O-])cc3)cn2)c1. The number of anilines is 1. The highest BCUT2D eigenvalue weighted by Gasteiger charge is 2.10. The lowest BCUT2D eigenvalue weighted by atomic mass is 10.1. The number of nitrogens with zero attached hydrogens (tertiary/aromatic N) is 3. The summed E-state index contributed by atoms with van der Waals surface area (Å²) in [6, 6.07) is 13.6. The van der Waals surface area contributed by atoms with Crippen molar-refractivity contribution in [2.45, 2.75) is 13.5 Å². The van der Waals surface area contributed by atoms with E-state index in [1.165, 1.54) is 29.8 Å². The van der Waals surface area contributed by atoms with Gasteiger partial charge < -0.3 is 5.32 Å². The van der Waals surface area contributed by atoms with Crippen molar-refractivity contribution in [3.05, 3.63) is 87.7 Å². The molecule has 0 saturated carbocycles. The maximum atomic E-state index is 12.2. The van der Waals surface area contributed by atoms with E-state index in [-0.39, 0.29) is 11.6 Å². The molecule has 7 heteroatoms. The molecule has 1 heterocycles. The number of aryl methyl sites for hydroxylation is 1. The molecule has 3 aromatic rings. The zero-order valence-electron chi connectivity index (χ0n) is 13.5. The van der Waals surface area contributed by atoms with Gasteiger partial charge in [0.2, 0.25) is 0 Å². The zero-order valence-corrected chi connectivity index (χ0v) is 13.5. The Morgan fingerprint density at radius 1 is 1.24 bits per heavy atom. The van der Waals surface area contributed by atoms with Gasteiger partial charge in [0.25, 0.3) is 11.6 Å². The Hall–Kier alpha value is -3.48. The highest BCUT2D eigenvalue weighted by atomic mass is 16.6. The summed E-state index contributed by atoms with van der Waals surface area (Å²) in [7, 11) is 0. The topological polar surface area (TPSA) is 90.1 Å². The van der Waals surface area contributed by atoms with Gasteiger partial charge in [-0.05, 0) is 24.6 Å². The van der Waals surface area contributed by atoms with E-state index in [0.29, 0.717) is 17.8 Å². The van der Waals surface area contributed by atoms with Gasteiger partial charge in [0.05, 0.1) is 23.4 Å². The summed E-state index contributed by atoms with van der Waals surface area (Å²) in [5.74, 6) is -0.343. The van der Waals surface area contributed by atoms with Gasteiger partial charge in [-0.3, -0.25) is 19.6 Å². The van der Waals surface area contributed by atoms with Crippen LogP contribution in [0.3, 0.4) is 0 Å². The third-order valence-electron chi connectivity index (χ3n) is 3.66. The lowest BCUT2D eigenvalue weighted by Gasteiger charge is -2.03.